The summed E-state index contributed by atoms with van der Waals surface area (Å²) in [6.45, 7) is 6.89. The maximum Gasteiger partial charge on any atom is 0.254 e. The molecule has 0 radical (unpaired) electrons. The molecule has 0 spiro atoms. The zero-order chi connectivity index (χ0) is 12.8. The standard InChI is InChI=1S/C13H21N3O/c1-5-10(3)16(6-2)13(17)11-7-8-15-12(9-11)14-4/h7-10H,5-6H2,1-4H3,(H,14,15). The summed E-state index contributed by atoms with van der Waals surface area (Å²) in [4.78, 5) is 18.3. The topological polar surface area (TPSA) is 45.2 Å². The van der Waals surface area contributed by atoms with Crippen LogP contribution in [0, 0.1) is 0 Å². The van der Waals surface area contributed by atoms with E-state index in [1.54, 1.807) is 25.4 Å². The smallest absolute Gasteiger partial charge is 0.254 e. The van der Waals surface area contributed by atoms with E-state index in [4.69, 9.17) is 0 Å². The first-order chi connectivity index (χ1) is 8.13. The van der Waals surface area contributed by atoms with E-state index in [1.807, 2.05) is 11.8 Å². The van der Waals surface area contributed by atoms with E-state index in [2.05, 4.69) is 24.1 Å². The molecule has 0 fully saturated rings. The maximum absolute atomic E-state index is 12.3. The van der Waals surface area contributed by atoms with E-state index in [9.17, 15) is 4.79 Å². The van der Waals surface area contributed by atoms with Crippen molar-refractivity contribution in [3.05, 3.63) is 23.9 Å². The summed E-state index contributed by atoms with van der Waals surface area (Å²) in [6, 6.07) is 3.81. The number of hydrogen-bond acceptors (Lipinski definition) is 3. The van der Waals surface area contributed by atoms with Gasteiger partial charge in [0, 0.05) is 31.4 Å². The highest BCUT2D eigenvalue weighted by Crippen LogP contribution is 2.12. The lowest BCUT2D eigenvalue weighted by molar-refractivity contribution is 0.0700. The van der Waals surface area contributed by atoms with Gasteiger partial charge in [0.05, 0.1) is 0 Å². The minimum Gasteiger partial charge on any atom is -0.373 e. The van der Waals surface area contributed by atoms with Crippen LogP contribution in [-0.4, -0.2) is 35.4 Å². The molecule has 1 N–H and O–H groups in total. The highest BCUT2D eigenvalue weighted by Gasteiger charge is 2.18. The van der Waals surface area contributed by atoms with Gasteiger partial charge in [-0.1, -0.05) is 6.92 Å². The van der Waals surface area contributed by atoms with Crippen molar-refractivity contribution in [2.24, 2.45) is 0 Å². The second-order valence-electron chi connectivity index (χ2n) is 4.03. The molecule has 1 amide bonds. The van der Waals surface area contributed by atoms with Gasteiger partial charge in [-0.2, -0.15) is 0 Å². The fourth-order valence-electron chi connectivity index (χ4n) is 1.74. The van der Waals surface area contributed by atoms with Crippen LogP contribution in [0.25, 0.3) is 0 Å². The van der Waals surface area contributed by atoms with Crippen molar-refractivity contribution < 1.29 is 4.79 Å². The van der Waals surface area contributed by atoms with Gasteiger partial charge in [-0.05, 0) is 32.4 Å². The van der Waals surface area contributed by atoms with Gasteiger partial charge in [0.1, 0.15) is 5.82 Å². The number of carbonyl (C=O) groups is 1. The first-order valence-corrected chi connectivity index (χ1v) is 6.08. The molecule has 4 heteroatoms. The van der Waals surface area contributed by atoms with Gasteiger partial charge in [-0.3, -0.25) is 4.79 Å². The van der Waals surface area contributed by atoms with Gasteiger partial charge in [-0.15, -0.1) is 0 Å². The molecule has 1 rings (SSSR count). The monoisotopic (exact) mass is 235 g/mol. The van der Waals surface area contributed by atoms with Crippen LogP contribution in [0.15, 0.2) is 18.3 Å². The lowest BCUT2D eigenvalue weighted by Gasteiger charge is -2.27. The molecule has 0 aliphatic rings. The molecule has 0 saturated heterocycles. The molecule has 0 aromatic carbocycles. The zero-order valence-corrected chi connectivity index (χ0v) is 11.0. The number of anilines is 1. The van der Waals surface area contributed by atoms with E-state index in [0.29, 0.717) is 5.56 Å². The molecule has 1 aromatic heterocycles. The Bertz CT molecular complexity index is 379. The SMILES string of the molecule is CCC(C)N(CC)C(=O)c1ccnc(NC)c1. The molecule has 94 valence electrons. The summed E-state index contributed by atoms with van der Waals surface area (Å²) in [5.74, 6) is 0.789. The lowest BCUT2D eigenvalue weighted by Crippen LogP contribution is -2.38. The highest BCUT2D eigenvalue weighted by atomic mass is 16.2. The van der Waals surface area contributed by atoms with E-state index in [1.165, 1.54) is 0 Å². The van der Waals surface area contributed by atoms with Crippen LogP contribution in [0.1, 0.15) is 37.6 Å². The van der Waals surface area contributed by atoms with Crippen LogP contribution in [0.2, 0.25) is 0 Å². The van der Waals surface area contributed by atoms with Crippen LogP contribution in [0.5, 0.6) is 0 Å². The Morgan fingerprint density at radius 2 is 2.24 bits per heavy atom. The molecule has 1 unspecified atom stereocenters. The molecule has 1 aromatic rings. The number of nitrogens with zero attached hydrogens (tertiary/aromatic N) is 2. The average Bonchev–Trinajstić information content (AvgIpc) is 2.39. The van der Waals surface area contributed by atoms with Gasteiger partial charge in [-0.25, -0.2) is 4.98 Å². The van der Waals surface area contributed by atoms with Gasteiger partial charge in [0.2, 0.25) is 0 Å². The van der Waals surface area contributed by atoms with Crippen LogP contribution in [-0.2, 0) is 0 Å². The summed E-state index contributed by atoms with van der Waals surface area (Å²) in [5.41, 5.74) is 0.687. The van der Waals surface area contributed by atoms with Crippen LogP contribution in [0.4, 0.5) is 5.82 Å². The molecule has 0 bridgehead atoms. The first kappa shape index (κ1) is 13.5. The lowest BCUT2D eigenvalue weighted by atomic mass is 10.1. The van der Waals surface area contributed by atoms with Crippen molar-refractivity contribution in [1.29, 1.82) is 0 Å². The van der Waals surface area contributed by atoms with Crippen LogP contribution in [0.3, 0.4) is 0 Å². The summed E-state index contributed by atoms with van der Waals surface area (Å²) in [7, 11) is 1.79. The maximum atomic E-state index is 12.3. The second kappa shape index (κ2) is 6.23. The normalized spacial score (nSPS) is 12.0. The van der Waals surface area contributed by atoms with Crippen molar-refractivity contribution in [1.82, 2.24) is 9.88 Å². The fraction of sp³-hybridized carbons (Fsp3) is 0.538. The number of carbonyl (C=O) groups excluding carboxylic acids is 1. The van der Waals surface area contributed by atoms with Gasteiger partial charge < -0.3 is 10.2 Å². The molecular formula is C13H21N3O. The highest BCUT2D eigenvalue weighted by molar-refractivity contribution is 5.95. The number of amides is 1. The summed E-state index contributed by atoms with van der Waals surface area (Å²) < 4.78 is 0. The van der Waals surface area contributed by atoms with Gasteiger partial charge in [0.25, 0.3) is 5.91 Å². The van der Waals surface area contributed by atoms with Crippen LogP contribution < -0.4 is 5.32 Å². The molecule has 1 atom stereocenters. The van der Waals surface area contributed by atoms with Crippen molar-refractivity contribution in [2.45, 2.75) is 33.2 Å². The Balaban J connectivity index is 2.93. The summed E-state index contributed by atoms with van der Waals surface area (Å²) >= 11 is 0. The molecule has 17 heavy (non-hydrogen) atoms. The third-order valence-electron chi connectivity index (χ3n) is 2.99. The van der Waals surface area contributed by atoms with Crippen molar-refractivity contribution in [3.8, 4) is 0 Å². The van der Waals surface area contributed by atoms with Crippen molar-refractivity contribution in [3.63, 3.8) is 0 Å². The number of pyridine rings is 1. The third-order valence-corrected chi connectivity index (χ3v) is 2.99. The predicted octanol–water partition coefficient (Wildman–Crippen LogP) is 2.38. The summed E-state index contributed by atoms with van der Waals surface area (Å²) in [6.07, 6.45) is 2.62. The molecule has 4 nitrogen and oxygen atoms in total. The first-order valence-electron chi connectivity index (χ1n) is 6.08. The number of aromatic nitrogens is 1. The van der Waals surface area contributed by atoms with E-state index < -0.39 is 0 Å². The quantitative estimate of drug-likeness (QED) is 0.852. The van der Waals surface area contributed by atoms with Gasteiger partial charge in [0.15, 0.2) is 0 Å². The number of hydrogen-bond donors (Lipinski definition) is 1. The molecule has 1 heterocycles. The summed E-state index contributed by atoms with van der Waals surface area (Å²) in [5, 5.41) is 2.94. The van der Waals surface area contributed by atoms with E-state index in [0.717, 1.165) is 18.8 Å². The number of nitrogens with one attached hydrogen (secondary N) is 1. The zero-order valence-electron chi connectivity index (χ0n) is 11.0. The van der Waals surface area contributed by atoms with Crippen molar-refractivity contribution >= 4 is 11.7 Å². The van der Waals surface area contributed by atoms with E-state index in [-0.39, 0.29) is 11.9 Å². The van der Waals surface area contributed by atoms with Crippen LogP contribution >= 0.6 is 0 Å². The molecule has 0 aliphatic carbocycles. The fourth-order valence-corrected chi connectivity index (χ4v) is 1.74. The average molecular weight is 235 g/mol. The minimum absolute atomic E-state index is 0.0701. The van der Waals surface area contributed by atoms with E-state index >= 15 is 0 Å². The Hall–Kier alpha value is -1.58. The Morgan fingerprint density at radius 1 is 1.53 bits per heavy atom. The number of rotatable bonds is 5. The molecule has 0 saturated carbocycles. The Morgan fingerprint density at radius 3 is 2.76 bits per heavy atom. The predicted molar refractivity (Wildman–Crippen MR) is 70.2 cm³/mol. The second-order valence-corrected chi connectivity index (χ2v) is 4.03. The minimum atomic E-state index is 0.0701. The molecule has 0 aliphatic heterocycles. The third kappa shape index (κ3) is 3.19. The molecular weight excluding hydrogens is 214 g/mol. The van der Waals surface area contributed by atoms with Gasteiger partial charge >= 0.3 is 0 Å². The van der Waals surface area contributed by atoms with Crippen molar-refractivity contribution in [2.75, 3.05) is 18.9 Å². The Labute approximate surface area is 103 Å². The Kier molecular flexibility index (Phi) is 4.94. The largest absolute Gasteiger partial charge is 0.373 e.